The molecule has 1 atom stereocenters. The highest BCUT2D eigenvalue weighted by molar-refractivity contribution is 5.96. The fourth-order valence-corrected chi connectivity index (χ4v) is 2.14. The Kier molecular flexibility index (Phi) is 5.26. The van der Waals surface area contributed by atoms with Crippen molar-refractivity contribution in [2.45, 2.75) is 31.3 Å². The maximum absolute atomic E-state index is 12.7. The van der Waals surface area contributed by atoms with E-state index in [9.17, 15) is 35.9 Å². The minimum Gasteiger partial charge on any atom is -0.368 e. The lowest BCUT2D eigenvalue weighted by Gasteiger charge is -2.15. The minimum atomic E-state index is -5.07. The quantitative estimate of drug-likeness (QED) is 0.621. The van der Waals surface area contributed by atoms with Gasteiger partial charge in [0.05, 0.1) is 11.1 Å². The Morgan fingerprint density at radius 3 is 1.96 bits per heavy atom. The van der Waals surface area contributed by atoms with Gasteiger partial charge in [0.25, 0.3) is 11.8 Å². The lowest BCUT2D eigenvalue weighted by molar-refractivity contribution is -0.143. The molecule has 0 spiro atoms. The van der Waals surface area contributed by atoms with Gasteiger partial charge in [-0.15, -0.1) is 0 Å². The number of halogens is 6. The standard InChI is InChI=1S/C14H12F6N2O3/c15-13(16,17)8-4-7(5-9(6-8)14(18,19)20)11(23)21-22-12(24)10-2-1-3-25-10/h4-6,10H,1-3H2,(H,21,23)(H,22,24). The van der Waals surface area contributed by atoms with Gasteiger partial charge >= 0.3 is 12.4 Å². The van der Waals surface area contributed by atoms with Crippen molar-refractivity contribution in [2.24, 2.45) is 0 Å². The fourth-order valence-electron chi connectivity index (χ4n) is 2.14. The highest BCUT2D eigenvalue weighted by Gasteiger charge is 2.37. The van der Waals surface area contributed by atoms with Crippen LogP contribution >= 0.6 is 0 Å². The van der Waals surface area contributed by atoms with Crippen LogP contribution in [0.4, 0.5) is 26.3 Å². The lowest BCUT2D eigenvalue weighted by Crippen LogP contribution is -2.46. The first-order chi connectivity index (χ1) is 11.5. The van der Waals surface area contributed by atoms with E-state index in [1.54, 1.807) is 5.43 Å². The van der Waals surface area contributed by atoms with E-state index < -0.39 is 47.0 Å². The van der Waals surface area contributed by atoms with E-state index in [0.29, 0.717) is 19.4 Å². The van der Waals surface area contributed by atoms with Gasteiger partial charge in [0.2, 0.25) is 0 Å². The number of hydrogen-bond acceptors (Lipinski definition) is 3. The summed E-state index contributed by atoms with van der Waals surface area (Å²) in [6.07, 6.45) is -9.96. The van der Waals surface area contributed by atoms with E-state index in [2.05, 4.69) is 0 Å². The first-order valence-corrected chi connectivity index (χ1v) is 7.00. The molecule has 5 nitrogen and oxygen atoms in total. The first-order valence-electron chi connectivity index (χ1n) is 7.00. The summed E-state index contributed by atoms with van der Waals surface area (Å²) < 4.78 is 81.4. The summed E-state index contributed by atoms with van der Waals surface area (Å²) in [6.45, 7) is 0.342. The molecular formula is C14H12F6N2O3. The van der Waals surface area contributed by atoms with Crippen molar-refractivity contribution in [3.8, 4) is 0 Å². The van der Waals surface area contributed by atoms with Crippen LogP contribution < -0.4 is 10.9 Å². The molecule has 1 unspecified atom stereocenters. The largest absolute Gasteiger partial charge is 0.416 e. The Labute approximate surface area is 137 Å². The van der Waals surface area contributed by atoms with Crippen molar-refractivity contribution in [2.75, 3.05) is 6.61 Å². The number of hydrogen-bond donors (Lipinski definition) is 2. The molecule has 1 aromatic rings. The molecule has 1 aliphatic rings. The van der Waals surface area contributed by atoms with Crippen LogP contribution in [0.15, 0.2) is 18.2 Å². The van der Waals surface area contributed by atoms with Gasteiger partial charge in [-0.1, -0.05) is 0 Å². The molecule has 0 aromatic heterocycles. The van der Waals surface area contributed by atoms with Gasteiger partial charge in [-0.2, -0.15) is 26.3 Å². The van der Waals surface area contributed by atoms with Gasteiger partial charge in [-0.3, -0.25) is 20.4 Å². The maximum atomic E-state index is 12.7. The van der Waals surface area contributed by atoms with Gasteiger partial charge in [-0.25, -0.2) is 0 Å². The smallest absolute Gasteiger partial charge is 0.368 e. The van der Waals surface area contributed by atoms with Crippen LogP contribution in [0.2, 0.25) is 0 Å². The molecule has 0 saturated carbocycles. The Morgan fingerprint density at radius 1 is 0.960 bits per heavy atom. The normalized spacial score (nSPS) is 18.1. The maximum Gasteiger partial charge on any atom is 0.416 e. The number of benzene rings is 1. The Bertz CT molecular complexity index is 633. The number of amides is 2. The molecule has 0 aliphatic carbocycles. The van der Waals surface area contributed by atoms with Crippen molar-refractivity contribution < 1.29 is 40.7 Å². The van der Waals surface area contributed by atoms with Crippen molar-refractivity contribution in [3.63, 3.8) is 0 Å². The molecule has 25 heavy (non-hydrogen) atoms. The summed E-state index contributed by atoms with van der Waals surface area (Å²) in [4.78, 5) is 23.4. The molecule has 2 N–H and O–H groups in total. The molecule has 2 amide bonds. The monoisotopic (exact) mass is 370 g/mol. The molecular weight excluding hydrogens is 358 g/mol. The van der Waals surface area contributed by atoms with Crippen LogP contribution in [-0.2, 0) is 21.9 Å². The van der Waals surface area contributed by atoms with Gasteiger partial charge in [0, 0.05) is 12.2 Å². The summed E-state index contributed by atoms with van der Waals surface area (Å²) >= 11 is 0. The van der Waals surface area contributed by atoms with Gasteiger partial charge in [0.1, 0.15) is 6.10 Å². The molecule has 11 heteroatoms. The van der Waals surface area contributed by atoms with Crippen molar-refractivity contribution in [3.05, 3.63) is 34.9 Å². The van der Waals surface area contributed by atoms with Gasteiger partial charge in [-0.05, 0) is 31.0 Å². The second kappa shape index (κ2) is 6.90. The second-order valence-corrected chi connectivity index (χ2v) is 5.24. The highest BCUT2D eigenvalue weighted by atomic mass is 19.4. The summed E-state index contributed by atoms with van der Waals surface area (Å²) in [7, 11) is 0. The molecule has 0 bridgehead atoms. The van der Waals surface area contributed by atoms with Crippen LogP contribution in [0.25, 0.3) is 0 Å². The van der Waals surface area contributed by atoms with Crippen molar-refractivity contribution >= 4 is 11.8 Å². The van der Waals surface area contributed by atoms with Crippen LogP contribution in [0.5, 0.6) is 0 Å². The summed E-state index contributed by atoms with van der Waals surface area (Å²) in [6, 6.07) is 0.438. The molecule has 138 valence electrons. The first kappa shape index (κ1) is 19.0. The lowest BCUT2D eigenvalue weighted by atomic mass is 10.0. The predicted molar refractivity (Wildman–Crippen MR) is 71.0 cm³/mol. The Hall–Kier alpha value is -2.30. The summed E-state index contributed by atoms with van der Waals surface area (Å²) in [5, 5.41) is 0. The average Bonchev–Trinajstić information content (AvgIpc) is 3.04. The molecule has 1 aromatic carbocycles. The van der Waals surface area contributed by atoms with Crippen molar-refractivity contribution in [1.82, 2.24) is 10.9 Å². The number of alkyl halides is 6. The predicted octanol–water partition coefficient (Wildman–Crippen LogP) is 2.66. The number of carbonyl (C=O) groups excluding carboxylic acids is 2. The zero-order valence-corrected chi connectivity index (χ0v) is 12.4. The van der Waals surface area contributed by atoms with E-state index in [4.69, 9.17) is 4.74 Å². The second-order valence-electron chi connectivity index (χ2n) is 5.24. The van der Waals surface area contributed by atoms with E-state index in [1.165, 1.54) is 0 Å². The van der Waals surface area contributed by atoms with Crippen molar-refractivity contribution in [1.29, 1.82) is 0 Å². The average molecular weight is 370 g/mol. The van der Waals surface area contributed by atoms with Crippen LogP contribution in [0.3, 0.4) is 0 Å². The highest BCUT2D eigenvalue weighted by Crippen LogP contribution is 2.36. The van der Waals surface area contributed by atoms with E-state index >= 15 is 0 Å². The minimum absolute atomic E-state index is 0.0955. The topological polar surface area (TPSA) is 67.4 Å². The molecule has 1 heterocycles. The zero-order chi connectivity index (χ0) is 18.8. The molecule has 2 rings (SSSR count). The number of ether oxygens (including phenoxy) is 1. The number of rotatable bonds is 2. The van der Waals surface area contributed by atoms with Crippen LogP contribution in [0.1, 0.15) is 34.3 Å². The molecule has 1 aliphatic heterocycles. The molecule has 1 saturated heterocycles. The number of nitrogens with one attached hydrogen (secondary N) is 2. The Morgan fingerprint density at radius 2 is 1.52 bits per heavy atom. The Balaban J connectivity index is 2.18. The molecule has 0 radical (unpaired) electrons. The number of carbonyl (C=O) groups is 2. The number of hydrazine groups is 1. The van der Waals surface area contributed by atoms with E-state index in [0.717, 1.165) is 0 Å². The van der Waals surface area contributed by atoms with Gasteiger partial charge < -0.3 is 4.74 Å². The summed E-state index contributed by atoms with van der Waals surface area (Å²) in [5.41, 5.74) is -0.454. The molecule has 1 fully saturated rings. The van der Waals surface area contributed by atoms with Gasteiger partial charge in [0.15, 0.2) is 0 Å². The van der Waals surface area contributed by atoms with Crippen LogP contribution in [-0.4, -0.2) is 24.5 Å². The summed E-state index contributed by atoms with van der Waals surface area (Å²) in [5.74, 6) is -2.06. The van der Waals surface area contributed by atoms with E-state index in [1.807, 2.05) is 5.43 Å². The zero-order valence-electron chi connectivity index (χ0n) is 12.4. The fraction of sp³-hybridized carbons (Fsp3) is 0.429. The third-order valence-corrected chi connectivity index (χ3v) is 3.37. The van der Waals surface area contributed by atoms with E-state index in [-0.39, 0.29) is 18.2 Å². The van der Waals surface area contributed by atoms with Crippen LogP contribution in [0, 0.1) is 0 Å². The third kappa shape index (κ3) is 4.84. The third-order valence-electron chi connectivity index (χ3n) is 3.37. The SMILES string of the molecule is O=C(NNC(=O)C1CCCO1)c1cc(C(F)(F)F)cc(C(F)(F)F)c1.